The second-order valence-electron chi connectivity index (χ2n) is 12.9. The van der Waals surface area contributed by atoms with Crippen molar-refractivity contribution in [3.8, 4) is 0 Å². The fraction of sp³-hybridized carbons (Fsp3) is 0.438. The smallest absolute Gasteiger partial charge is 0.330 e. The molecule has 1 fully saturated rings. The van der Waals surface area contributed by atoms with Gasteiger partial charge in [0.15, 0.2) is 8.32 Å². The Morgan fingerprint density at radius 1 is 1.05 bits per heavy atom. The lowest BCUT2D eigenvalue weighted by molar-refractivity contribution is -0.0735. The number of ether oxygens (including phenoxy) is 1. The quantitative estimate of drug-likeness (QED) is 0.268. The van der Waals surface area contributed by atoms with Crippen molar-refractivity contribution in [2.45, 2.75) is 89.8 Å². The number of benzene rings is 2. The Bertz CT molecular complexity index is 1400. The van der Waals surface area contributed by atoms with Crippen LogP contribution in [0.3, 0.4) is 0 Å². The monoisotopic (exact) mass is 592 g/mol. The second-order valence-corrected chi connectivity index (χ2v) is 21.6. The zero-order valence-corrected chi connectivity index (χ0v) is 27.3. The molecule has 4 rings (SSSR count). The highest BCUT2D eigenvalue weighted by atomic mass is 28.4. The first-order chi connectivity index (χ1) is 19.3. The Kier molecular flexibility index (Phi) is 9.25. The highest BCUT2D eigenvalue weighted by molar-refractivity contribution is 6.99. The third-order valence-corrected chi connectivity index (χ3v) is 13.7. The van der Waals surface area contributed by atoms with Crippen LogP contribution in [-0.2, 0) is 13.6 Å². The van der Waals surface area contributed by atoms with Crippen molar-refractivity contribution in [3.05, 3.63) is 106 Å². The fourth-order valence-electron chi connectivity index (χ4n) is 5.86. The summed E-state index contributed by atoms with van der Waals surface area (Å²) in [6, 6.07) is 21.0. The third kappa shape index (κ3) is 6.65. The summed E-state index contributed by atoms with van der Waals surface area (Å²) in [5, 5.41) is 2.10. The number of nitrogens with one attached hydrogen (secondary N) is 1. The van der Waals surface area contributed by atoms with Crippen LogP contribution in [0.25, 0.3) is 0 Å². The largest absolute Gasteiger partial charge is 0.412 e. The number of aromatic nitrogens is 2. The van der Waals surface area contributed by atoms with Gasteiger partial charge in [-0.2, -0.15) is 0 Å². The summed E-state index contributed by atoms with van der Waals surface area (Å²) in [5.41, 5.74) is -0.448. The molecule has 2 aromatic carbocycles. The van der Waals surface area contributed by atoms with Crippen LogP contribution in [0.4, 0.5) is 0 Å². The Morgan fingerprint density at radius 3 is 2.10 bits per heavy atom. The molecule has 2 heterocycles. The fourth-order valence-corrected chi connectivity index (χ4v) is 11.7. The topological polar surface area (TPSA) is 82.5 Å². The molecular weight excluding hydrogens is 549 g/mol. The summed E-state index contributed by atoms with van der Waals surface area (Å²) >= 11 is 0. The molecule has 1 N–H and O–H groups in total. The van der Waals surface area contributed by atoms with Gasteiger partial charge < -0.3 is 13.6 Å². The predicted molar refractivity (Wildman–Crippen MR) is 170 cm³/mol. The predicted octanol–water partition coefficient (Wildman–Crippen LogP) is 4.87. The summed E-state index contributed by atoms with van der Waals surface area (Å²) in [5.74, 6) is 0. The Hall–Kier alpha value is -2.83. The van der Waals surface area contributed by atoms with Crippen LogP contribution < -0.4 is 21.6 Å². The highest BCUT2D eigenvalue weighted by Gasteiger charge is 2.55. The van der Waals surface area contributed by atoms with Gasteiger partial charge in [-0.05, 0) is 48.4 Å². The van der Waals surface area contributed by atoms with Gasteiger partial charge >= 0.3 is 5.69 Å². The van der Waals surface area contributed by atoms with E-state index in [4.69, 9.17) is 13.6 Å². The zero-order valence-electron chi connectivity index (χ0n) is 25.3. The molecule has 1 aliphatic rings. The molecule has 0 saturated carbocycles. The lowest BCUT2D eigenvalue weighted by Gasteiger charge is -2.46. The van der Waals surface area contributed by atoms with Gasteiger partial charge in [0, 0.05) is 18.2 Å². The minimum Gasteiger partial charge on any atom is -0.412 e. The van der Waals surface area contributed by atoms with E-state index < -0.39 is 40.2 Å². The molecule has 0 bridgehead atoms. The SMILES string of the molecule is C=CC[C@H](O[Si](C)(C)C)[C@H]1O[C@@H](n2cc(C)c(=O)[nH]c2=O)C[C@@H]1O[Si](c1ccccc1)(c1ccccc1)C(C)(C)C. The average Bonchev–Trinajstić information content (AvgIpc) is 3.32. The molecule has 0 spiro atoms. The summed E-state index contributed by atoms with van der Waals surface area (Å²) in [4.78, 5) is 27.5. The van der Waals surface area contributed by atoms with E-state index in [1.165, 1.54) is 14.9 Å². The van der Waals surface area contributed by atoms with Gasteiger partial charge in [0.1, 0.15) is 12.3 Å². The summed E-state index contributed by atoms with van der Waals surface area (Å²) in [6.45, 7) is 18.9. The molecule has 220 valence electrons. The van der Waals surface area contributed by atoms with E-state index >= 15 is 0 Å². The maximum absolute atomic E-state index is 13.0. The van der Waals surface area contributed by atoms with Crippen LogP contribution in [-0.4, -0.2) is 44.5 Å². The van der Waals surface area contributed by atoms with E-state index in [1.54, 1.807) is 13.1 Å². The number of hydrogen-bond acceptors (Lipinski definition) is 5. The van der Waals surface area contributed by atoms with Crippen molar-refractivity contribution in [2.75, 3.05) is 0 Å². The van der Waals surface area contributed by atoms with Gasteiger partial charge in [0.2, 0.25) is 0 Å². The van der Waals surface area contributed by atoms with Crippen molar-refractivity contribution >= 4 is 27.0 Å². The van der Waals surface area contributed by atoms with Crippen molar-refractivity contribution in [1.29, 1.82) is 0 Å². The molecule has 1 aromatic heterocycles. The molecule has 4 atom stereocenters. The van der Waals surface area contributed by atoms with E-state index in [-0.39, 0.29) is 17.2 Å². The number of rotatable bonds is 10. The molecule has 9 heteroatoms. The molecule has 3 aromatic rings. The van der Waals surface area contributed by atoms with Crippen LogP contribution in [0.5, 0.6) is 0 Å². The molecule has 0 radical (unpaired) electrons. The zero-order chi connectivity index (χ0) is 30.0. The van der Waals surface area contributed by atoms with Crippen LogP contribution >= 0.6 is 0 Å². The number of H-pyrrole nitrogens is 1. The summed E-state index contributed by atoms with van der Waals surface area (Å²) < 4.78 is 22.5. The first-order valence-electron chi connectivity index (χ1n) is 14.3. The standard InChI is InChI=1S/C32H44N2O5Si2/c1-9-16-26(38-40(6,7)8)29-27(21-28(37-29)34-22-23(2)30(35)33-31(34)36)39-41(32(3,4)5,24-17-12-10-13-18-24)25-19-14-11-15-20-25/h9-15,17-20,22,26-29H,1,16,21H2,2-8H3,(H,33,35,36)/t26-,27-,28+,29+/m0/s1. The third-order valence-electron chi connectivity index (χ3n) is 7.59. The van der Waals surface area contributed by atoms with E-state index in [0.717, 1.165) is 0 Å². The Morgan fingerprint density at radius 2 is 1.61 bits per heavy atom. The lowest BCUT2D eigenvalue weighted by atomic mass is 10.1. The maximum atomic E-state index is 13.0. The van der Waals surface area contributed by atoms with Crippen LogP contribution in [0.1, 0.15) is 45.4 Å². The second kappa shape index (κ2) is 12.2. The normalized spacial score (nSPS) is 20.6. The Balaban J connectivity index is 1.89. The van der Waals surface area contributed by atoms with E-state index in [0.29, 0.717) is 18.4 Å². The van der Waals surface area contributed by atoms with Crippen LogP contribution in [0.15, 0.2) is 89.1 Å². The molecule has 0 unspecified atom stereocenters. The summed E-state index contributed by atoms with van der Waals surface area (Å²) in [7, 11) is -4.94. The first-order valence-corrected chi connectivity index (χ1v) is 19.6. The number of nitrogens with zero attached hydrogens (tertiary/aromatic N) is 1. The van der Waals surface area contributed by atoms with Crippen molar-refractivity contribution in [3.63, 3.8) is 0 Å². The van der Waals surface area contributed by atoms with E-state index in [1.807, 2.05) is 18.2 Å². The molecular formula is C32H44N2O5Si2. The summed E-state index contributed by atoms with van der Waals surface area (Å²) in [6.07, 6.45) is 2.70. The number of hydrogen-bond donors (Lipinski definition) is 1. The van der Waals surface area contributed by atoms with Gasteiger partial charge in [-0.15, -0.1) is 6.58 Å². The minimum absolute atomic E-state index is 0.239. The van der Waals surface area contributed by atoms with Crippen molar-refractivity contribution in [2.24, 2.45) is 0 Å². The van der Waals surface area contributed by atoms with Gasteiger partial charge in [-0.1, -0.05) is 87.5 Å². The maximum Gasteiger partial charge on any atom is 0.330 e. The molecule has 0 amide bonds. The van der Waals surface area contributed by atoms with Gasteiger partial charge in [0.05, 0.1) is 12.2 Å². The molecule has 41 heavy (non-hydrogen) atoms. The van der Waals surface area contributed by atoms with Gasteiger partial charge in [-0.25, -0.2) is 4.79 Å². The molecule has 0 aliphatic carbocycles. The van der Waals surface area contributed by atoms with E-state index in [9.17, 15) is 9.59 Å². The first kappa shape index (κ1) is 31.1. The van der Waals surface area contributed by atoms with Crippen LogP contribution in [0.2, 0.25) is 24.7 Å². The molecule has 1 aliphatic heterocycles. The van der Waals surface area contributed by atoms with E-state index in [2.05, 4.69) is 101 Å². The lowest BCUT2D eigenvalue weighted by Crippen LogP contribution is -2.68. The highest BCUT2D eigenvalue weighted by Crippen LogP contribution is 2.42. The van der Waals surface area contributed by atoms with Gasteiger partial charge in [0.25, 0.3) is 13.9 Å². The number of aromatic amines is 1. The van der Waals surface area contributed by atoms with Gasteiger partial charge in [-0.3, -0.25) is 14.3 Å². The van der Waals surface area contributed by atoms with Crippen molar-refractivity contribution in [1.82, 2.24) is 9.55 Å². The van der Waals surface area contributed by atoms with Crippen molar-refractivity contribution < 1.29 is 13.6 Å². The number of aryl methyl sites for hydroxylation is 1. The van der Waals surface area contributed by atoms with Crippen LogP contribution in [0, 0.1) is 6.92 Å². The molecule has 1 saturated heterocycles. The molecule has 7 nitrogen and oxygen atoms in total. The minimum atomic E-state index is -2.94. The Labute approximate surface area is 245 Å². The average molecular weight is 593 g/mol.